The molecule has 0 heterocycles. The number of nitrogens with zero attached hydrogens (tertiary/aromatic N) is 1. The lowest BCUT2D eigenvalue weighted by Gasteiger charge is -2.31. The van der Waals surface area contributed by atoms with Crippen molar-refractivity contribution in [3.05, 3.63) is 0 Å². The van der Waals surface area contributed by atoms with Crippen LogP contribution < -0.4 is 5.32 Å². The summed E-state index contributed by atoms with van der Waals surface area (Å²) in [7, 11) is 3.84. The van der Waals surface area contributed by atoms with Crippen molar-refractivity contribution < 1.29 is 9.90 Å². The van der Waals surface area contributed by atoms with Gasteiger partial charge in [0.2, 0.25) is 5.91 Å². The Morgan fingerprint density at radius 2 is 1.74 bits per heavy atom. The molecule has 0 aromatic carbocycles. The van der Waals surface area contributed by atoms with Crippen molar-refractivity contribution in [3.8, 4) is 0 Å². The molecule has 1 amide bonds. The van der Waals surface area contributed by atoms with E-state index in [2.05, 4.69) is 5.32 Å². The van der Waals surface area contributed by atoms with Crippen molar-refractivity contribution in [2.45, 2.75) is 64.0 Å². The molecular weight excluding hydrogens is 240 g/mol. The molecule has 1 aliphatic carbocycles. The van der Waals surface area contributed by atoms with Crippen LogP contribution in [0.3, 0.4) is 0 Å². The minimum absolute atomic E-state index is 0.0256. The molecule has 4 nitrogen and oxygen atoms in total. The van der Waals surface area contributed by atoms with Gasteiger partial charge in [0.25, 0.3) is 0 Å². The third-order valence-electron chi connectivity index (χ3n) is 4.08. The summed E-state index contributed by atoms with van der Waals surface area (Å²) in [6.07, 6.45) is 6.13. The van der Waals surface area contributed by atoms with E-state index in [-0.39, 0.29) is 17.9 Å². The first-order valence-electron chi connectivity index (χ1n) is 7.52. The zero-order chi connectivity index (χ0) is 14.5. The normalized spacial score (nSPS) is 21.2. The largest absolute Gasteiger partial charge is 0.388 e. The first kappa shape index (κ1) is 16.4. The lowest BCUT2D eigenvalue weighted by atomic mass is 9.94. The molecule has 4 heteroatoms. The number of rotatable bonds is 5. The van der Waals surface area contributed by atoms with Crippen molar-refractivity contribution in [2.75, 3.05) is 20.6 Å². The summed E-state index contributed by atoms with van der Waals surface area (Å²) < 4.78 is 0. The number of amides is 1. The minimum Gasteiger partial charge on any atom is -0.388 e. The Kier molecular flexibility index (Phi) is 6.27. The van der Waals surface area contributed by atoms with Gasteiger partial charge in [-0.2, -0.15) is 0 Å². The van der Waals surface area contributed by atoms with Gasteiger partial charge in [-0.25, -0.2) is 0 Å². The van der Waals surface area contributed by atoms with E-state index in [1.807, 2.05) is 32.8 Å². The minimum atomic E-state index is -0.694. The Morgan fingerprint density at radius 1 is 1.21 bits per heavy atom. The first-order chi connectivity index (χ1) is 8.86. The quantitative estimate of drug-likeness (QED) is 0.749. The smallest absolute Gasteiger partial charge is 0.237 e. The lowest BCUT2D eigenvalue weighted by Crippen LogP contribution is -2.51. The molecule has 1 aliphatic rings. The van der Waals surface area contributed by atoms with Crippen molar-refractivity contribution >= 4 is 5.91 Å². The van der Waals surface area contributed by atoms with Crippen molar-refractivity contribution in [3.63, 3.8) is 0 Å². The molecule has 0 saturated heterocycles. The summed E-state index contributed by atoms with van der Waals surface area (Å²) in [5, 5.41) is 13.5. The van der Waals surface area contributed by atoms with Gasteiger partial charge in [-0.1, -0.05) is 39.5 Å². The maximum Gasteiger partial charge on any atom is 0.237 e. The van der Waals surface area contributed by atoms with E-state index in [1.165, 1.54) is 12.8 Å². The highest BCUT2D eigenvalue weighted by atomic mass is 16.3. The van der Waals surface area contributed by atoms with Gasteiger partial charge < -0.3 is 10.4 Å². The van der Waals surface area contributed by atoms with Crippen molar-refractivity contribution in [1.29, 1.82) is 0 Å². The van der Waals surface area contributed by atoms with Crippen LogP contribution in [0.15, 0.2) is 0 Å². The monoisotopic (exact) mass is 270 g/mol. The summed E-state index contributed by atoms with van der Waals surface area (Å²) in [4.78, 5) is 14.2. The Labute approximate surface area is 117 Å². The van der Waals surface area contributed by atoms with Crippen LogP contribution in [-0.2, 0) is 4.79 Å². The average molecular weight is 270 g/mol. The predicted octanol–water partition coefficient (Wildman–Crippen LogP) is 1.77. The fourth-order valence-electron chi connectivity index (χ4n) is 3.05. The van der Waals surface area contributed by atoms with E-state index in [4.69, 9.17) is 0 Å². The van der Waals surface area contributed by atoms with Crippen molar-refractivity contribution in [1.82, 2.24) is 10.2 Å². The Bertz CT molecular complexity index is 274. The van der Waals surface area contributed by atoms with E-state index < -0.39 is 5.60 Å². The lowest BCUT2D eigenvalue weighted by molar-refractivity contribution is -0.128. The number of hydrogen-bond donors (Lipinski definition) is 2. The Balaban J connectivity index is 2.52. The van der Waals surface area contributed by atoms with Gasteiger partial charge in [0, 0.05) is 6.54 Å². The number of likely N-dealkylation sites (N-methyl/N-ethyl adjacent to an activating group) is 1. The Hall–Kier alpha value is -0.610. The average Bonchev–Trinajstić information content (AvgIpc) is 2.51. The number of carbonyl (C=O) groups excluding carboxylic acids is 1. The van der Waals surface area contributed by atoms with Gasteiger partial charge in [0.15, 0.2) is 0 Å². The molecule has 19 heavy (non-hydrogen) atoms. The van der Waals surface area contributed by atoms with Crippen LogP contribution in [0.2, 0.25) is 0 Å². The zero-order valence-corrected chi connectivity index (χ0v) is 12.9. The molecule has 112 valence electrons. The molecule has 0 aliphatic heterocycles. The van der Waals surface area contributed by atoms with Gasteiger partial charge in [0.1, 0.15) is 0 Å². The molecule has 1 rings (SSSR count). The van der Waals surface area contributed by atoms with Crippen LogP contribution in [0.5, 0.6) is 0 Å². The Morgan fingerprint density at radius 3 is 2.16 bits per heavy atom. The van der Waals surface area contributed by atoms with Gasteiger partial charge in [-0.15, -0.1) is 0 Å². The topological polar surface area (TPSA) is 52.6 Å². The molecule has 1 saturated carbocycles. The maximum absolute atomic E-state index is 12.2. The summed E-state index contributed by atoms with van der Waals surface area (Å²) in [5.74, 6) is 0.288. The number of carbonyl (C=O) groups is 1. The molecule has 1 atom stereocenters. The van der Waals surface area contributed by atoms with Crippen LogP contribution >= 0.6 is 0 Å². The van der Waals surface area contributed by atoms with Crippen molar-refractivity contribution in [2.24, 2.45) is 5.92 Å². The van der Waals surface area contributed by atoms with Crippen LogP contribution in [0.1, 0.15) is 52.4 Å². The second-order valence-electron chi connectivity index (χ2n) is 6.51. The predicted molar refractivity (Wildman–Crippen MR) is 78.0 cm³/mol. The van der Waals surface area contributed by atoms with Gasteiger partial charge >= 0.3 is 0 Å². The van der Waals surface area contributed by atoms with E-state index in [1.54, 1.807) is 0 Å². The van der Waals surface area contributed by atoms with Crippen LogP contribution in [-0.4, -0.2) is 48.2 Å². The molecule has 0 radical (unpaired) electrons. The van der Waals surface area contributed by atoms with E-state index in [9.17, 15) is 9.90 Å². The van der Waals surface area contributed by atoms with Crippen LogP contribution in [0, 0.1) is 5.92 Å². The highest BCUT2D eigenvalue weighted by molar-refractivity contribution is 5.82. The van der Waals surface area contributed by atoms with E-state index in [0.29, 0.717) is 6.54 Å². The van der Waals surface area contributed by atoms with Crippen LogP contribution in [0.4, 0.5) is 0 Å². The molecule has 0 bridgehead atoms. The number of nitrogens with one attached hydrogen (secondary N) is 1. The van der Waals surface area contributed by atoms with Crippen LogP contribution in [0.25, 0.3) is 0 Å². The first-order valence-corrected chi connectivity index (χ1v) is 7.52. The van der Waals surface area contributed by atoms with E-state index in [0.717, 1.165) is 25.7 Å². The highest BCUT2D eigenvalue weighted by Crippen LogP contribution is 2.26. The second-order valence-corrected chi connectivity index (χ2v) is 6.51. The van der Waals surface area contributed by atoms with Gasteiger partial charge in [-0.3, -0.25) is 9.69 Å². The third-order valence-corrected chi connectivity index (χ3v) is 4.08. The molecule has 1 unspecified atom stereocenters. The maximum atomic E-state index is 12.2. The third kappa shape index (κ3) is 5.11. The number of hydrogen-bond acceptors (Lipinski definition) is 3. The molecule has 0 aromatic heterocycles. The second kappa shape index (κ2) is 7.25. The highest BCUT2D eigenvalue weighted by Gasteiger charge is 2.30. The summed E-state index contributed by atoms with van der Waals surface area (Å²) in [5.41, 5.74) is -0.694. The molecule has 1 fully saturated rings. The summed E-state index contributed by atoms with van der Waals surface area (Å²) in [6.45, 7) is 4.48. The van der Waals surface area contributed by atoms with E-state index >= 15 is 0 Å². The number of aliphatic hydroxyl groups is 1. The standard InChI is InChI=1S/C15H30N2O2/c1-12(2)13(17(3)4)14(18)16-11-15(19)9-7-5-6-8-10-15/h12-13,19H,5-11H2,1-4H3,(H,16,18). The molecular formula is C15H30N2O2. The fourth-order valence-corrected chi connectivity index (χ4v) is 3.05. The summed E-state index contributed by atoms with van der Waals surface area (Å²) in [6, 6.07) is -0.130. The van der Waals surface area contributed by atoms with Gasteiger partial charge in [-0.05, 0) is 32.9 Å². The SMILES string of the molecule is CC(C)C(C(=O)NCC1(O)CCCCCC1)N(C)C. The zero-order valence-electron chi connectivity index (χ0n) is 12.9. The summed E-state index contributed by atoms with van der Waals surface area (Å²) >= 11 is 0. The molecule has 2 N–H and O–H groups in total. The van der Waals surface area contributed by atoms with Gasteiger partial charge in [0.05, 0.1) is 11.6 Å². The molecule has 0 aromatic rings. The fraction of sp³-hybridized carbons (Fsp3) is 0.933. The molecule has 0 spiro atoms.